The van der Waals surface area contributed by atoms with Crippen LogP contribution in [0.3, 0.4) is 0 Å². The monoisotopic (exact) mass is 242 g/mol. The molecule has 0 aliphatic rings. The predicted molar refractivity (Wildman–Crippen MR) is 74.4 cm³/mol. The molecule has 0 aromatic heterocycles. The molecule has 0 bridgehead atoms. The minimum absolute atomic E-state index is 0.170. The second-order valence-corrected chi connectivity index (χ2v) is 5.60. The van der Waals surface area contributed by atoms with E-state index in [0.29, 0.717) is 0 Å². The van der Waals surface area contributed by atoms with Gasteiger partial charge in [-0.3, -0.25) is 0 Å². The lowest BCUT2D eigenvalue weighted by Crippen LogP contribution is -2.40. The zero-order valence-electron chi connectivity index (χ0n) is 12.3. The first-order chi connectivity index (χ1) is 7.97. The topological polar surface area (TPSA) is 23.6 Å². The molecule has 102 valence electrons. The molecule has 17 heavy (non-hydrogen) atoms. The van der Waals surface area contributed by atoms with Gasteiger partial charge in [0, 0.05) is 25.0 Å². The Morgan fingerprint density at radius 2 is 1.71 bits per heavy atom. The maximum atomic E-state index is 11.3. The molecule has 0 aliphatic heterocycles. The van der Waals surface area contributed by atoms with Crippen LogP contribution in [0.4, 0.5) is 0 Å². The molecule has 0 heterocycles. The van der Waals surface area contributed by atoms with E-state index >= 15 is 0 Å². The van der Waals surface area contributed by atoms with Gasteiger partial charge < -0.3 is 14.6 Å². The van der Waals surface area contributed by atoms with E-state index in [1.165, 1.54) is 0 Å². The number of aldehydes is 1. The summed E-state index contributed by atoms with van der Waals surface area (Å²) in [5, 5.41) is 0. The van der Waals surface area contributed by atoms with Gasteiger partial charge in [0.05, 0.1) is 0 Å². The van der Waals surface area contributed by atoms with Gasteiger partial charge in [-0.2, -0.15) is 0 Å². The molecule has 0 aromatic rings. The summed E-state index contributed by atoms with van der Waals surface area (Å²) in [6.45, 7) is 10.5. The van der Waals surface area contributed by atoms with Crippen LogP contribution in [0.15, 0.2) is 0 Å². The van der Waals surface area contributed by atoms with Crippen molar-refractivity contribution >= 4 is 6.29 Å². The summed E-state index contributed by atoms with van der Waals surface area (Å²) in [4.78, 5) is 15.9. The molecule has 0 aromatic carbocycles. The number of nitrogens with zero attached hydrogens (tertiary/aromatic N) is 2. The number of carbonyl (C=O) groups is 1. The van der Waals surface area contributed by atoms with E-state index in [1.54, 1.807) is 0 Å². The van der Waals surface area contributed by atoms with Crippen LogP contribution in [-0.4, -0.2) is 56.4 Å². The Morgan fingerprint density at radius 3 is 2.12 bits per heavy atom. The highest BCUT2D eigenvalue weighted by molar-refractivity contribution is 5.58. The first-order valence-corrected chi connectivity index (χ1v) is 6.81. The number of rotatable bonds is 10. The van der Waals surface area contributed by atoms with E-state index in [4.69, 9.17) is 0 Å². The van der Waals surface area contributed by atoms with Crippen LogP contribution in [0.2, 0.25) is 0 Å². The minimum Gasteiger partial charge on any atom is -0.308 e. The van der Waals surface area contributed by atoms with Crippen LogP contribution in [0, 0.1) is 5.41 Å². The molecule has 0 N–H and O–H groups in total. The van der Waals surface area contributed by atoms with E-state index < -0.39 is 0 Å². The van der Waals surface area contributed by atoms with Crippen molar-refractivity contribution in [2.75, 3.05) is 40.3 Å². The third-order valence-corrected chi connectivity index (χ3v) is 3.09. The summed E-state index contributed by atoms with van der Waals surface area (Å²) >= 11 is 0. The van der Waals surface area contributed by atoms with Gasteiger partial charge in [-0.1, -0.05) is 27.2 Å². The van der Waals surface area contributed by atoms with Crippen molar-refractivity contribution in [1.82, 2.24) is 9.80 Å². The van der Waals surface area contributed by atoms with Crippen molar-refractivity contribution in [3.63, 3.8) is 0 Å². The number of hydrogen-bond donors (Lipinski definition) is 0. The number of likely N-dealkylation sites (N-methyl/N-ethyl adjacent to an activating group) is 1. The third-order valence-electron chi connectivity index (χ3n) is 3.09. The fraction of sp³-hybridized carbons (Fsp3) is 0.929. The quantitative estimate of drug-likeness (QED) is 0.549. The van der Waals surface area contributed by atoms with E-state index in [-0.39, 0.29) is 5.41 Å². The molecule has 0 saturated heterocycles. The summed E-state index contributed by atoms with van der Waals surface area (Å²) in [5.41, 5.74) is -0.170. The molecule has 0 rings (SSSR count). The Labute approximate surface area is 107 Å². The summed E-state index contributed by atoms with van der Waals surface area (Å²) in [5.74, 6) is 0. The first kappa shape index (κ1) is 16.6. The molecule has 0 saturated carbocycles. The van der Waals surface area contributed by atoms with Crippen molar-refractivity contribution in [2.24, 2.45) is 5.41 Å². The maximum absolute atomic E-state index is 11.3. The molecule has 1 atom stereocenters. The van der Waals surface area contributed by atoms with Crippen LogP contribution < -0.4 is 0 Å². The smallest absolute Gasteiger partial charge is 0.127 e. The molecule has 0 fully saturated rings. The van der Waals surface area contributed by atoms with Gasteiger partial charge in [-0.15, -0.1) is 0 Å². The van der Waals surface area contributed by atoms with Gasteiger partial charge in [-0.25, -0.2) is 0 Å². The van der Waals surface area contributed by atoms with Crippen LogP contribution in [0.5, 0.6) is 0 Å². The molecule has 0 amide bonds. The van der Waals surface area contributed by atoms with E-state index in [2.05, 4.69) is 44.7 Å². The molecule has 3 nitrogen and oxygen atoms in total. The number of carbonyl (C=O) groups excluding carboxylic acids is 1. The van der Waals surface area contributed by atoms with Crippen molar-refractivity contribution in [1.29, 1.82) is 0 Å². The molecule has 0 aliphatic carbocycles. The lowest BCUT2D eigenvalue weighted by atomic mass is 9.86. The van der Waals surface area contributed by atoms with Gasteiger partial charge in [0.25, 0.3) is 0 Å². The van der Waals surface area contributed by atoms with Crippen molar-refractivity contribution in [3.8, 4) is 0 Å². The average Bonchev–Trinajstić information content (AvgIpc) is 2.26. The van der Waals surface area contributed by atoms with E-state index in [9.17, 15) is 4.79 Å². The van der Waals surface area contributed by atoms with Gasteiger partial charge in [-0.05, 0) is 33.5 Å². The van der Waals surface area contributed by atoms with Crippen molar-refractivity contribution < 1.29 is 4.79 Å². The van der Waals surface area contributed by atoms with E-state index in [1.807, 2.05) is 0 Å². The van der Waals surface area contributed by atoms with Crippen LogP contribution in [0.25, 0.3) is 0 Å². The maximum Gasteiger partial charge on any atom is 0.127 e. The highest BCUT2D eigenvalue weighted by Gasteiger charge is 2.25. The van der Waals surface area contributed by atoms with E-state index in [0.717, 1.165) is 51.7 Å². The Morgan fingerprint density at radius 1 is 1.06 bits per heavy atom. The van der Waals surface area contributed by atoms with Crippen LogP contribution in [0.1, 0.15) is 40.0 Å². The van der Waals surface area contributed by atoms with Gasteiger partial charge in [0.15, 0.2) is 0 Å². The zero-order valence-corrected chi connectivity index (χ0v) is 12.3. The normalized spacial score (nSPS) is 15.2. The van der Waals surface area contributed by atoms with Crippen molar-refractivity contribution in [3.05, 3.63) is 0 Å². The van der Waals surface area contributed by atoms with Gasteiger partial charge in [0.2, 0.25) is 0 Å². The predicted octanol–water partition coefficient (Wildman–Crippen LogP) is 2.27. The summed E-state index contributed by atoms with van der Waals surface area (Å²) in [6.07, 6.45) is 4.35. The molecule has 0 spiro atoms. The first-order valence-electron chi connectivity index (χ1n) is 6.81. The zero-order chi connectivity index (χ0) is 13.3. The molecular formula is C14H30N2O. The summed E-state index contributed by atoms with van der Waals surface area (Å²) in [6, 6.07) is 0. The Bertz CT molecular complexity index is 206. The fourth-order valence-corrected chi connectivity index (χ4v) is 2.18. The molecular weight excluding hydrogens is 212 g/mol. The van der Waals surface area contributed by atoms with Crippen molar-refractivity contribution in [2.45, 2.75) is 40.0 Å². The summed E-state index contributed by atoms with van der Waals surface area (Å²) in [7, 11) is 4.18. The lowest BCUT2D eigenvalue weighted by Gasteiger charge is -2.32. The second-order valence-electron chi connectivity index (χ2n) is 5.60. The minimum atomic E-state index is -0.170. The Kier molecular flexibility index (Phi) is 8.44. The fourth-order valence-electron chi connectivity index (χ4n) is 2.18. The third kappa shape index (κ3) is 7.50. The average molecular weight is 242 g/mol. The summed E-state index contributed by atoms with van der Waals surface area (Å²) < 4.78 is 0. The van der Waals surface area contributed by atoms with Gasteiger partial charge in [0.1, 0.15) is 6.29 Å². The standard InChI is InChI=1S/C14H30N2O/c1-6-8-14(3,13-17)12-16(9-7-2)11-10-15(4)5/h13H,6-12H2,1-5H3. The highest BCUT2D eigenvalue weighted by Crippen LogP contribution is 2.21. The second kappa shape index (κ2) is 8.65. The molecule has 3 heteroatoms. The SMILES string of the molecule is CCCN(CCN(C)C)CC(C)(C=O)CCC. The number of hydrogen-bond acceptors (Lipinski definition) is 3. The van der Waals surface area contributed by atoms with Crippen LogP contribution in [-0.2, 0) is 4.79 Å². The molecule has 1 unspecified atom stereocenters. The van der Waals surface area contributed by atoms with Crippen LogP contribution >= 0.6 is 0 Å². The Balaban J connectivity index is 4.33. The largest absolute Gasteiger partial charge is 0.308 e. The Hall–Kier alpha value is -0.410. The van der Waals surface area contributed by atoms with Gasteiger partial charge >= 0.3 is 0 Å². The highest BCUT2D eigenvalue weighted by atomic mass is 16.1. The lowest BCUT2D eigenvalue weighted by molar-refractivity contribution is -0.116. The molecule has 0 radical (unpaired) electrons.